The highest BCUT2D eigenvalue weighted by atomic mass is 16.5. The summed E-state index contributed by atoms with van der Waals surface area (Å²) in [5, 5.41) is 12.8. The molecule has 24 heavy (non-hydrogen) atoms. The third-order valence-corrected chi connectivity index (χ3v) is 4.44. The first-order valence-electron chi connectivity index (χ1n) is 8.09. The third-order valence-electron chi connectivity index (χ3n) is 4.44. The number of aromatic amines is 1. The Labute approximate surface area is 139 Å². The van der Waals surface area contributed by atoms with Crippen molar-refractivity contribution in [3.05, 3.63) is 36.0 Å². The highest BCUT2D eigenvalue weighted by molar-refractivity contribution is 6.04. The quantitative estimate of drug-likeness (QED) is 0.845. The van der Waals surface area contributed by atoms with Gasteiger partial charge in [-0.25, -0.2) is 4.79 Å². The van der Waals surface area contributed by atoms with Gasteiger partial charge < -0.3 is 15.0 Å². The maximum atomic E-state index is 12.2. The van der Waals surface area contributed by atoms with Gasteiger partial charge in [-0.3, -0.25) is 4.79 Å². The zero-order chi connectivity index (χ0) is 17.0. The van der Waals surface area contributed by atoms with Gasteiger partial charge in [0, 0.05) is 17.1 Å². The molecule has 1 aliphatic rings. The molecule has 0 atom stereocenters. The number of amides is 1. The third kappa shape index (κ3) is 3.25. The van der Waals surface area contributed by atoms with E-state index in [4.69, 9.17) is 4.74 Å². The molecule has 1 aliphatic carbocycles. The molecule has 0 aliphatic heterocycles. The van der Waals surface area contributed by atoms with Crippen molar-refractivity contribution in [2.75, 3.05) is 6.61 Å². The van der Waals surface area contributed by atoms with E-state index in [1.54, 1.807) is 6.20 Å². The zero-order valence-electron chi connectivity index (χ0n) is 13.3. The van der Waals surface area contributed by atoms with Crippen LogP contribution in [0.25, 0.3) is 10.9 Å². The summed E-state index contributed by atoms with van der Waals surface area (Å²) >= 11 is 0. The molecule has 6 heteroatoms. The minimum atomic E-state index is -0.817. The standard InChI is InChI=1S/C18H19N3O3/c19-12-18(8-4-1-5-9-18)21-16(22)11-24-17(23)14-10-20-15-7-3-2-6-13(14)15/h2-3,6-7,10,20H,1,4-5,8-9,11H2,(H,21,22). The molecule has 0 unspecified atom stereocenters. The number of H-pyrrole nitrogens is 1. The fraction of sp³-hybridized carbons (Fsp3) is 0.389. The minimum Gasteiger partial charge on any atom is -0.452 e. The maximum Gasteiger partial charge on any atom is 0.340 e. The molecule has 1 amide bonds. The molecule has 1 fully saturated rings. The Morgan fingerprint density at radius 2 is 2.00 bits per heavy atom. The van der Waals surface area contributed by atoms with Gasteiger partial charge in [0.2, 0.25) is 0 Å². The number of carbonyl (C=O) groups is 2. The van der Waals surface area contributed by atoms with E-state index in [2.05, 4.69) is 16.4 Å². The van der Waals surface area contributed by atoms with E-state index in [-0.39, 0.29) is 6.61 Å². The highest BCUT2D eigenvalue weighted by Gasteiger charge is 2.33. The molecule has 124 valence electrons. The lowest BCUT2D eigenvalue weighted by atomic mass is 9.83. The Bertz CT molecular complexity index is 797. The predicted octanol–water partition coefficient (Wildman–Crippen LogP) is 2.67. The first-order valence-corrected chi connectivity index (χ1v) is 8.09. The van der Waals surface area contributed by atoms with Gasteiger partial charge >= 0.3 is 5.97 Å². The highest BCUT2D eigenvalue weighted by Crippen LogP contribution is 2.27. The van der Waals surface area contributed by atoms with E-state index in [1.807, 2.05) is 24.3 Å². The number of aromatic nitrogens is 1. The molecule has 1 aromatic heterocycles. The second-order valence-electron chi connectivity index (χ2n) is 6.13. The maximum absolute atomic E-state index is 12.2. The first kappa shape index (κ1) is 16.1. The number of para-hydroxylation sites is 1. The smallest absolute Gasteiger partial charge is 0.340 e. The molecule has 0 saturated heterocycles. The molecule has 2 aromatic rings. The molecule has 1 heterocycles. The molecule has 1 aromatic carbocycles. The molecule has 0 bridgehead atoms. The summed E-state index contributed by atoms with van der Waals surface area (Å²) in [6.45, 7) is -0.387. The Morgan fingerprint density at radius 1 is 1.25 bits per heavy atom. The molecule has 0 radical (unpaired) electrons. The van der Waals surface area contributed by atoms with Crippen LogP contribution in [0.2, 0.25) is 0 Å². The lowest BCUT2D eigenvalue weighted by molar-refractivity contribution is -0.125. The van der Waals surface area contributed by atoms with Crippen LogP contribution in [0.1, 0.15) is 42.5 Å². The second-order valence-corrected chi connectivity index (χ2v) is 6.13. The summed E-state index contributed by atoms with van der Waals surface area (Å²) in [7, 11) is 0. The molecular weight excluding hydrogens is 306 g/mol. The van der Waals surface area contributed by atoms with Crippen LogP contribution in [0.3, 0.4) is 0 Å². The predicted molar refractivity (Wildman–Crippen MR) is 88.2 cm³/mol. The SMILES string of the molecule is N#CC1(NC(=O)COC(=O)c2c[nH]c3ccccc23)CCCCC1. The van der Waals surface area contributed by atoms with E-state index < -0.39 is 17.4 Å². The van der Waals surface area contributed by atoms with Gasteiger partial charge in [0.05, 0.1) is 11.6 Å². The zero-order valence-corrected chi connectivity index (χ0v) is 13.3. The lowest BCUT2D eigenvalue weighted by Gasteiger charge is -2.31. The van der Waals surface area contributed by atoms with Crippen molar-refractivity contribution in [2.24, 2.45) is 0 Å². The summed E-state index contributed by atoms with van der Waals surface area (Å²) in [4.78, 5) is 27.2. The van der Waals surface area contributed by atoms with E-state index in [1.165, 1.54) is 0 Å². The van der Waals surface area contributed by atoms with Crippen molar-refractivity contribution >= 4 is 22.8 Å². The average Bonchev–Trinajstić information content (AvgIpc) is 3.04. The van der Waals surface area contributed by atoms with E-state index in [0.29, 0.717) is 18.4 Å². The molecule has 1 saturated carbocycles. The van der Waals surface area contributed by atoms with Crippen molar-refractivity contribution in [1.82, 2.24) is 10.3 Å². The number of carbonyl (C=O) groups excluding carboxylic acids is 2. The molecule has 3 rings (SSSR count). The van der Waals surface area contributed by atoms with Crippen LogP contribution in [0.15, 0.2) is 30.5 Å². The fourth-order valence-corrected chi connectivity index (χ4v) is 3.17. The Balaban J connectivity index is 1.60. The number of benzene rings is 1. The molecule has 2 N–H and O–H groups in total. The summed E-state index contributed by atoms with van der Waals surface area (Å²) in [5.41, 5.74) is 0.410. The lowest BCUT2D eigenvalue weighted by Crippen LogP contribution is -2.50. The minimum absolute atomic E-state index is 0.387. The van der Waals surface area contributed by atoms with Crippen LogP contribution in [0, 0.1) is 11.3 Å². The number of hydrogen-bond acceptors (Lipinski definition) is 4. The Morgan fingerprint density at radius 3 is 2.75 bits per heavy atom. The van der Waals surface area contributed by atoms with Gasteiger partial charge in [-0.15, -0.1) is 0 Å². The van der Waals surface area contributed by atoms with Crippen molar-refractivity contribution in [3.8, 4) is 6.07 Å². The van der Waals surface area contributed by atoms with Gasteiger partial charge in [0.25, 0.3) is 5.91 Å². The van der Waals surface area contributed by atoms with Crippen molar-refractivity contribution in [2.45, 2.75) is 37.6 Å². The number of nitriles is 1. The fourth-order valence-electron chi connectivity index (χ4n) is 3.17. The molecular formula is C18H19N3O3. The molecule has 0 spiro atoms. The number of nitrogens with zero attached hydrogens (tertiary/aromatic N) is 1. The number of rotatable bonds is 4. The van der Waals surface area contributed by atoms with Crippen molar-refractivity contribution < 1.29 is 14.3 Å². The van der Waals surface area contributed by atoms with Crippen LogP contribution in [0.4, 0.5) is 0 Å². The molecule has 6 nitrogen and oxygen atoms in total. The van der Waals surface area contributed by atoms with Gasteiger partial charge in [0.1, 0.15) is 5.54 Å². The van der Waals surface area contributed by atoms with Gasteiger partial charge in [0.15, 0.2) is 6.61 Å². The Kier molecular flexibility index (Phi) is 4.52. The number of hydrogen-bond donors (Lipinski definition) is 2. The summed E-state index contributed by atoms with van der Waals surface area (Å²) in [6, 6.07) is 9.59. The monoisotopic (exact) mass is 325 g/mol. The normalized spacial score (nSPS) is 16.3. The van der Waals surface area contributed by atoms with E-state index >= 15 is 0 Å². The number of fused-ring (bicyclic) bond motifs is 1. The average molecular weight is 325 g/mol. The first-order chi connectivity index (χ1) is 11.6. The van der Waals surface area contributed by atoms with Crippen LogP contribution in [-0.2, 0) is 9.53 Å². The van der Waals surface area contributed by atoms with Crippen LogP contribution >= 0.6 is 0 Å². The summed E-state index contributed by atoms with van der Waals surface area (Å²) in [6.07, 6.45) is 5.78. The van der Waals surface area contributed by atoms with E-state index in [9.17, 15) is 14.9 Å². The largest absolute Gasteiger partial charge is 0.452 e. The van der Waals surface area contributed by atoms with Crippen LogP contribution in [-0.4, -0.2) is 29.0 Å². The summed E-state index contributed by atoms with van der Waals surface area (Å²) < 4.78 is 5.11. The number of ether oxygens (including phenoxy) is 1. The van der Waals surface area contributed by atoms with Crippen molar-refractivity contribution in [1.29, 1.82) is 5.26 Å². The number of nitrogens with one attached hydrogen (secondary N) is 2. The van der Waals surface area contributed by atoms with Gasteiger partial charge in [-0.2, -0.15) is 5.26 Å². The topological polar surface area (TPSA) is 95.0 Å². The van der Waals surface area contributed by atoms with Gasteiger partial charge in [-0.1, -0.05) is 37.5 Å². The van der Waals surface area contributed by atoms with Crippen molar-refractivity contribution in [3.63, 3.8) is 0 Å². The number of esters is 1. The van der Waals surface area contributed by atoms with Crippen LogP contribution in [0.5, 0.6) is 0 Å². The van der Waals surface area contributed by atoms with E-state index in [0.717, 1.165) is 30.2 Å². The van der Waals surface area contributed by atoms with Gasteiger partial charge in [-0.05, 0) is 18.9 Å². The Hall–Kier alpha value is -2.81. The second kappa shape index (κ2) is 6.75. The van der Waals surface area contributed by atoms with Crippen LogP contribution < -0.4 is 5.32 Å². The summed E-state index contributed by atoms with van der Waals surface area (Å²) in [5.74, 6) is -0.996.